The fourth-order valence-electron chi connectivity index (χ4n) is 2.98. The molecule has 1 aromatic carbocycles. The van der Waals surface area contributed by atoms with Gasteiger partial charge in [0, 0.05) is 20.1 Å². The van der Waals surface area contributed by atoms with Crippen LogP contribution in [0.4, 0.5) is 4.39 Å². The van der Waals surface area contributed by atoms with Gasteiger partial charge in [-0.05, 0) is 32.0 Å². The van der Waals surface area contributed by atoms with Crippen LogP contribution in [0.2, 0.25) is 0 Å². The van der Waals surface area contributed by atoms with Gasteiger partial charge in [0.1, 0.15) is 5.82 Å². The largest absolute Gasteiger partial charge is 0.372 e. The number of nitrogens with zero attached hydrogens (tertiary/aromatic N) is 3. The Kier molecular flexibility index (Phi) is 3.89. The second-order valence-corrected chi connectivity index (χ2v) is 5.93. The molecule has 1 aliphatic rings. The number of hydrogen-bond donors (Lipinski definition) is 0. The van der Waals surface area contributed by atoms with Crippen molar-refractivity contribution in [3.63, 3.8) is 0 Å². The molecule has 0 saturated carbocycles. The van der Waals surface area contributed by atoms with E-state index in [1.165, 1.54) is 16.8 Å². The minimum absolute atomic E-state index is 0.107. The number of carbonyl (C=O) groups excluding carboxylic acids is 1. The van der Waals surface area contributed by atoms with Crippen LogP contribution in [0, 0.1) is 5.82 Å². The number of aromatic nitrogens is 2. The number of aryl methyl sites for hydroxylation is 1. The molecule has 0 N–H and O–H groups in total. The fraction of sp³-hybridized carbons (Fsp3) is 0.438. The van der Waals surface area contributed by atoms with Crippen LogP contribution in [-0.2, 0) is 11.8 Å². The molecule has 0 aliphatic carbocycles. The third-order valence-electron chi connectivity index (χ3n) is 3.93. The van der Waals surface area contributed by atoms with Gasteiger partial charge in [0.25, 0.3) is 5.91 Å². The average molecular weight is 319 g/mol. The Labute approximate surface area is 132 Å². The molecule has 1 amide bonds. The van der Waals surface area contributed by atoms with Gasteiger partial charge in [-0.3, -0.25) is 14.3 Å². The molecule has 6 nitrogen and oxygen atoms in total. The molecule has 0 radical (unpaired) electrons. The first-order valence-electron chi connectivity index (χ1n) is 7.48. The molecule has 2 atom stereocenters. The van der Waals surface area contributed by atoms with Gasteiger partial charge in [0.05, 0.1) is 23.1 Å². The van der Waals surface area contributed by atoms with Crippen LogP contribution in [0.25, 0.3) is 10.9 Å². The third-order valence-corrected chi connectivity index (χ3v) is 3.93. The summed E-state index contributed by atoms with van der Waals surface area (Å²) in [5, 5.41) is 4.26. The maximum atomic E-state index is 13.5. The van der Waals surface area contributed by atoms with E-state index in [9.17, 15) is 14.0 Å². The molecule has 122 valence electrons. The first kappa shape index (κ1) is 15.6. The molecule has 7 heteroatoms. The Balaban J connectivity index is 2.07. The first-order chi connectivity index (χ1) is 10.9. The van der Waals surface area contributed by atoms with E-state index < -0.39 is 17.2 Å². The molecule has 1 aliphatic heterocycles. The van der Waals surface area contributed by atoms with Gasteiger partial charge in [-0.15, -0.1) is 0 Å². The van der Waals surface area contributed by atoms with Gasteiger partial charge in [-0.2, -0.15) is 5.10 Å². The molecular weight excluding hydrogens is 301 g/mol. The van der Waals surface area contributed by atoms with Gasteiger partial charge in [0.2, 0.25) is 5.43 Å². The molecule has 3 rings (SSSR count). The predicted octanol–water partition coefficient (Wildman–Crippen LogP) is 1.32. The molecule has 0 bridgehead atoms. The summed E-state index contributed by atoms with van der Waals surface area (Å²) in [6.45, 7) is 4.54. The van der Waals surface area contributed by atoms with Gasteiger partial charge in [-0.1, -0.05) is 0 Å². The summed E-state index contributed by atoms with van der Waals surface area (Å²) in [6.07, 6.45) is -0.214. The lowest BCUT2D eigenvalue weighted by atomic mass is 10.1. The highest BCUT2D eigenvalue weighted by atomic mass is 19.1. The van der Waals surface area contributed by atoms with Crippen LogP contribution >= 0.6 is 0 Å². The quantitative estimate of drug-likeness (QED) is 0.795. The molecule has 1 fully saturated rings. The minimum atomic E-state index is -0.547. The van der Waals surface area contributed by atoms with Crippen LogP contribution in [0.1, 0.15) is 24.3 Å². The van der Waals surface area contributed by atoms with Crippen molar-refractivity contribution in [2.45, 2.75) is 26.1 Å². The number of morpholine rings is 1. The van der Waals surface area contributed by atoms with Crippen LogP contribution in [0.3, 0.4) is 0 Å². The lowest BCUT2D eigenvalue weighted by Gasteiger charge is -2.35. The third kappa shape index (κ3) is 2.84. The van der Waals surface area contributed by atoms with E-state index in [-0.39, 0.29) is 23.3 Å². The van der Waals surface area contributed by atoms with Crippen molar-refractivity contribution in [3.8, 4) is 0 Å². The maximum absolute atomic E-state index is 13.5. The first-order valence-corrected chi connectivity index (χ1v) is 7.48. The van der Waals surface area contributed by atoms with E-state index in [1.807, 2.05) is 13.8 Å². The second-order valence-electron chi connectivity index (χ2n) is 5.93. The number of halogens is 1. The van der Waals surface area contributed by atoms with Crippen molar-refractivity contribution >= 4 is 16.8 Å². The number of rotatable bonds is 1. The van der Waals surface area contributed by atoms with Crippen LogP contribution < -0.4 is 5.43 Å². The van der Waals surface area contributed by atoms with Gasteiger partial charge in [-0.25, -0.2) is 4.39 Å². The van der Waals surface area contributed by atoms with E-state index in [0.29, 0.717) is 18.6 Å². The zero-order valence-electron chi connectivity index (χ0n) is 13.2. The normalized spacial score (nSPS) is 21.7. The summed E-state index contributed by atoms with van der Waals surface area (Å²) < 4.78 is 20.5. The number of hydrogen-bond acceptors (Lipinski definition) is 4. The van der Waals surface area contributed by atoms with E-state index in [0.717, 1.165) is 6.07 Å². The lowest BCUT2D eigenvalue weighted by molar-refractivity contribution is -0.0588. The summed E-state index contributed by atoms with van der Waals surface area (Å²) in [7, 11) is 1.63. The molecule has 0 spiro atoms. The summed E-state index contributed by atoms with van der Waals surface area (Å²) in [6, 6.07) is 3.88. The summed E-state index contributed by atoms with van der Waals surface area (Å²) in [4.78, 5) is 26.8. The number of benzene rings is 1. The molecule has 2 unspecified atom stereocenters. The standard InChI is InChI=1S/C16H18FN3O3/c1-9-7-20(8-10(2)23-9)16(22)14-15(21)12-6-11(17)4-5-13(12)19(3)18-14/h4-6,9-10H,7-8H2,1-3H3. The van der Waals surface area contributed by atoms with Crippen LogP contribution in [0.15, 0.2) is 23.0 Å². The monoisotopic (exact) mass is 319 g/mol. The topological polar surface area (TPSA) is 64.4 Å². The van der Waals surface area contributed by atoms with E-state index in [4.69, 9.17) is 4.74 Å². The highest BCUT2D eigenvalue weighted by Crippen LogP contribution is 2.15. The van der Waals surface area contributed by atoms with Crippen LogP contribution in [-0.4, -0.2) is 45.9 Å². The SMILES string of the molecule is CC1CN(C(=O)c2nn(C)c3ccc(F)cc3c2=O)CC(C)O1. The van der Waals surface area contributed by atoms with Crippen LogP contribution in [0.5, 0.6) is 0 Å². The Morgan fingerprint density at radius 1 is 1.30 bits per heavy atom. The van der Waals surface area contributed by atoms with Gasteiger partial charge < -0.3 is 9.64 Å². The molecule has 23 heavy (non-hydrogen) atoms. The molecule has 1 aromatic heterocycles. The van der Waals surface area contributed by atoms with Crippen molar-refractivity contribution in [3.05, 3.63) is 39.9 Å². The number of amides is 1. The van der Waals surface area contributed by atoms with Crippen molar-refractivity contribution in [2.24, 2.45) is 7.05 Å². The van der Waals surface area contributed by atoms with Crippen molar-refractivity contribution in [2.75, 3.05) is 13.1 Å². The zero-order chi connectivity index (χ0) is 16.7. The van der Waals surface area contributed by atoms with Crippen molar-refractivity contribution in [1.82, 2.24) is 14.7 Å². The van der Waals surface area contributed by atoms with Crippen molar-refractivity contribution in [1.29, 1.82) is 0 Å². The van der Waals surface area contributed by atoms with Crippen molar-refractivity contribution < 1.29 is 13.9 Å². The average Bonchev–Trinajstić information content (AvgIpc) is 2.49. The maximum Gasteiger partial charge on any atom is 0.278 e. The van der Waals surface area contributed by atoms with E-state index >= 15 is 0 Å². The Bertz CT molecular complexity index is 823. The Morgan fingerprint density at radius 3 is 2.61 bits per heavy atom. The highest BCUT2D eigenvalue weighted by molar-refractivity contribution is 5.95. The number of fused-ring (bicyclic) bond motifs is 1. The molecular formula is C16H18FN3O3. The summed E-state index contributed by atoms with van der Waals surface area (Å²) in [5.74, 6) is -0.966. The molecule has 2 heterocycles. The number of ether oxygens (including phenoxy) is 1. The summed E-state index contributed by atoms with van der Waals surface area (Å²) in [5.41, 5.74) is -0.252. The van der Waals surface area contributed by atoms with Gasteiger partial charge >= 0.3 is 0 Å². The lowest BCUT2D eigenvalue weighted by Crippen LogP contribution is -2.49. The summed E-state index contributed by atoms with van der Waals surface area (Å²) >= 11 is 0. The zero-order valence-corrected chi connectivity index (χ0v) is 13.2. The number of carbonyl (C=O) groups is 1. The van der Waals surface area contributed by atoms with Gasteiger partial charge in [0.15, 0.2) is 5.69 Å². The Morgan fingerprint density at radius 2 is 1.96 bits per heavy atom. The van der Waals surface area contributed by atoms with E-state index in [1.54, 1.807) is 11.9 Å². The second kappa shape index (κ2) is 5.73. The molecule has 2 aromatic rings. The highest BCUT2D eigenvalue weighted by Gasteiger charge is 2.29. The Hall–Kier alpha value is -2.28. The smallest absolute Gasteiger partial charge is 0.278 e. The minimum Gasteiger partial charge on any atom is -0.372 e. The predicted molar refractivity (Wildman–Crippen MR) is 82.9 cm³/mol. The van der Waals surface area contributed by atoms with E-state index in [2.05, 4.69) is 5.10 Å². The fourth-order valence-corrected chi connectivity index (χ4v) is 2.98. The molecule has 1 saturated heterocycles.